The van der Waals surface area contributed by atoms with E-state index in [9.17, 15) is 9.59 Å². The first-order valence-corrected chi connectivity index (χ1v) is 7.21. The van der Waals surface area contributed by atoms with Gasteiger partial charge in [-0.2, -0.15) is 4.42 Å². The second kappa shape index (κ2) is 8.89. The number of carbonyl (C=O) groups is 2. The molecule has 2 N–H and O–H groups in total. The van der Waals surface area contributed by atoms with Crippen LogP contribution in [0.4, 0.5) is 5.69 Å². The molecule has 2 heterocycles. The molecule has 1 aliphatic rings. The van der Waals surface area contributed by atoms with Gasteiger partial charge < -0.3 is 15.1 Å². The highest BCUT2D eigenvalue weighted by atomic mass is 35.5. The Balaban J connectivity index is 0.000000255. The number of nitrogens with zero attached hydrogens (tertiary/aromatic N) is 3. The number of likely N-dealkylation sites (N-methyl/N-ethyl adjacent to an activating group) is 1. The van der Waals surface area contributed by atoms with Crippen molar-refractivity contribution in [3.05, 3.63) is 23.0 Å². The molecule has 0 aromatic carbocycles. The first-order valence-electron chi connectivity index (χ1n) is 6.50. The molecule has 9 heteroatoms. The zero-order valence-corrected chi connectivity index (χ0v) is 13.5. The molecule has 1 aromatic rings. The Labute approximate surface area is 138 Å². The van der Waals surface area contributed by atoms with Gasteiger partial charge in [-0.3, -0.25) is 14.6 Å². The van der Waals surface area contributed by atoms with E-state index in [1.54, 1.807) is 12.3 Å². The third kappa shape index (κ3) is 4.81. The van der Waals surface area contributed by atoms with E-state index >= 15 is 0 Å². The van der Waals surface area contributed by atoms with Crippen molar-refractivity contribution in [1.29, 1.82) is 0 Å². The minimum absolute atomic E-state index is 0.0591. The van der Waals surface area contributed by atoms with Crippen molar-refractivity contribution in [2.45, 2.75) is 19.4 Å². The molecule has 2 rings (SSSR count). The number of aliphatic hydroxyl groups is 2. The van der Waals surface area contributed by atoms with Gasteiger partial charge in [-0.25, -0.2) is 0 Å². The molecular formula is C13H17Cl2N3O4. The largest absolute Gasteiger partial charge is 0.395 e. The summed E-state index contributed by atoms with van der Waals surface area (Å²) in [5.74, 6) is -0.590. The SMILES string of the molecule is CN(CCO)c1ccnc(CO)c1Cl.O=C1CCC(=O)N1Cl. The lowest BCUT2D eigenvalue weighted by molar-refractivity contribution is -0.132. The van der Waals surface area contributed by atoms with Crippen LogP contribution in [0, 0.1) is 0 Å². The van der Waals surface area contributed by atoms with Crippen LogP contribution in [0.2, 0.25) is 5.02 Å². The molecule has 1 saturated heterocycles. The lowest BCUT2D eigenvalue weighted by Gasteiger charge is -2.19. The molecule has 0 atom stereocenters. The number of amides is 2. The molecule has 0 unspecified atom stereocenters. The Morgan fingerprint density at radius 3 is 2.32 bits per heavy atom. The van der Waals surface area contributed by atoms with E-state index in [2.05, 4.69) is 4.98 Å². The molecule has 0 spiro atoms. The topological polar surface area (TPSA) is 94.0 Å². The third-order valence-electron chi connectivity index (χ3n) is 2.93. The van der Waals surface area contributed by atoms with Crippen LogP contribution >= 0.6 is 23.4 Å². The Morgan fingerprint density at radius 2 is 1.91 bits per heavy atom. The van der Waals surface area contributed by atoms with Crippen molar-refractivity contribution in [2.24, 2.45) is 0 Å². The van der Waals surface area contributed by atoms with Crippen LogP contribution in [0.25, 0.3) is 0 Å². The highest BCUT2D eigenvalue weighted by Gasteiger charge is 2.26. The van der Waals surface area contributed by atoms with E-state index in [1.807, 2.05) is 11.9 Å². The summed E-state index contributed by atoms with van der Waals surface area (Å²) in [6.07, 6.45) is 2.12. The highest BCUT2D eigenvalue weighted by Crippen LogP contribution is 2.26. The maximum absolute atomic E-state index is 10.4. The van der Waals surface area contributed by atoms with Crippen LogP contribution in [0.1, 0.15) is 18.5 Å². The Morgan fingerprint density at radius 1 is 1.32 bits per heavy atom. The van der Waals surface area contributed by atoms with E-state index in [0.29, 0.717) is 21.7 Å². The number of aromatic nitrogens is 1. The van der Waals surface area contributed by atoms with E-state index in [0.717, 1.165) is 5.69 Å². The summed E-state index contributed by atoms with van der Waals surface area (Å²) in [6.45, 7) is 0.373. The normalized spacial score (nSPS) is 14.0. The third-order valence-corrected chi connectivity index (χ3v) is 3.72. The maximum Gasteiger partial charge on any atom is 0.244 e. The number of carbonyl (C=O) groups excluding carboxylic acids is 2. The lowest BCUT2D eigenvalue weighted by Crippen LogP contribution is -2.21. The molecule has 0 saturated carbocycles. The Kier molecular flexibility index (Phi) is 7.53. The van der Waals surface area contributed by atoms with E-state index < -0.39 is 0 Å². The number of aliphatic hydroxyl groups excluding tert-OH is 2. The second-order valence-corrected chi connectivity index (χ2v) is 5.18. The summed E-state index contributed by atoms with van der Waals surface area (Å²) in [5.41, 5.74) is 1.22. The lowest BCUT2D eigenvalue weighted by atomic mass is 10.3. The molecular weight excluding hydrogens is 333 g/mol. The summed E-state index contributed by atoms with van der Waals surface area (Å²) in [6, 6.07) is 1.75. The number of halogens is 2. The number of rotatable bonds is 4. The Hall–Kier alpha value is -1.41. The van der Waals surface area contributed by atoms with Crippen LogP contribution in [-0.4, -0.2) is 51.6 Å². The van der Waals surface area contributed by atoms with Crippen LogP contribution in [0.5, 0.6) is 0 Å². The first kappa shape index (κ1) is 18.6. The zero-order valence-electron chi connectivity index (χ0n) is 12.0. The minimum Gasteiger partial charge on any atom is -0.395 e. The average Bonchev–Trinajstić information content (AvgIpc) is 2.79. The van der Waals surface area contributed by atoms with Crippen molar-refractivity contribution in [3.8, 4) is 0 Å². The number of anilines is 1. The van der Waals surface area contributed by atoms with Crippen LogP contribution < -0.4 is 4.90 Å². The van der Waals surface area contributed by atoms with Gasteiger partial charge >= 0.3 is 0 Å². The van der Waals surface area contributed by atoms with Gasteiger partial charge in [0.05, 0.1) is 29.6 Å². The van der Waals surface area contributed by atoms with Gasteiger partial charge in [0.2, 0.25) is 11.8 Å². The van der Waals surface area contributed by atoms with Gasteiger partial charge in [-0.15, -0.1) is 0 Å². The van der Waals surface area contributed by atoms with E-state index in [-0.39, 0.29) is 37.9 Å². The number of hydrogen-bond acceptors (Lipinski definition) is 6. The molecule has 1 fully saturated rings. The predicted octanol–water partition coefficient (Wildman–Crippen LogP) is 0.945. The zero-order chi connectivity index (χ0) is 16.7. The van der Waals surface area contributed by atoms with Gasteiger partial charge in [-0.1, -0.05) is 11.6 Å². The molecule has 0 radical (unpaired) electrons. The average molecular weight is 350 g/mol. The van der Waals surface area contributed by atoms with Crippen molar-refractivity contribution in [2.75, 3.05) is 25.1 Å². The van der Waals surface area contributed by atoms with Gasteiger partial charge in [0.15, 0.2) is 0 Å². The molecule has 0 aliphatic carbocycles. The fourth-order valence-electron chi connectivity index (χ4n) is 1.70. The van der Waals surface area contributed by atoms with Gasteiger partial charge in [-0.05, 0) is 6.07 Å². The smallest absolute Gasteiger partial charge is 0.244 e. The van der Waals surface area contributed by atoms with E-state index in [1.165, 1.54) is 0 Å². The fraction of sp³-hybridized carbons (Fsp3) is 0.462. The van der Waals surface area contributed by atoms with Crippen LogP contribution in [-0.2, 0) is 16.2 Å². The monoisotopic (exact) mass is 349 g/mol. The summed E-state index contributed by atoms with van der Waals surface area (Å²) in [4.78, 5) is 26.5. The molecule has 1 aliphatic heterocycles. The van der Waals surface area contributed by atoms with Crippen molar-refractivity contribution >= 4 is 40.9 Å². The summed E-state index contributed by atoms with van der Waals surface area (Å²) in [7, 11) is 1.82. The number of hydrogen-bond donors (Lipinski definition) is 2. The fourth-order valence-corrected chi connectivity index (χ4v) is 2.19. The molecule has 22 heavy (non-hydrogen) atoms. The van der Waals surface area contributed by atoms with E-state index in [4.69, 9.17) is 33.6 Å². The number of pyridine rings is 1. The summed E-state index contributed by atoms with van der Waals surface area (Å²) < 4.78 is 0.639. The summed E-state index contributed by atoms with van der Waals surface area (Å²) in [5, 5.41) is 18.1. The van der Waals surface area contributed by atoms with Crippen molar-refractivity contribution in [1.82, 2.24) is 9.40 Å². The highest BCUT2D eigenvalue weighted by molar-refractivity contribution is 6.33. The van der Waals surface area contributed by atoms with Crippen LogP contribution in [0.3, 0.4) is 0 Å². The minimum atomic E-state index is -0.295. The van der Waals surface area contributed by atoms with Crippen molar-refractivity contribution in [3.63, 3.8) is 0 Å². The number of imide groups is 1. The van der Waals surface area contributed by atoms with Gasteiger partial charge in [0.25, 0.3) is 0 Å². The Bertz CT molecular complexity index is 526. The molecule has 1 aromatic heterocycles. The standard InChI is InChI=1S/C9H13ClN2O2.C4H4ClNO2/c1-12(4-5-13)8-2-3-11-7(6-14)9(8)10;5-6-3(7)1-2-4(6)8/h2-3,13-14H,4-6H2,1H3;1-2H2. The predicted molar refractivity (Wildman–Crippen MR) is 82.5 cm³/mol. The molecule has 122 valence electrons. The quantitative estimate of drug-likeness (QED) is 0.620. The molecule has 7 nitrogen and oxygen atoms in total. The van der Waals surface area contributed by atoms with Gasteiger partial charge in [0, 0.05) is 44.4 Å². The van der Waals surface area contributed by atoms with Crippen LogP contribution in [0.15, 0.2) is 12.3 Å². The van der Waals surface area contributed by atoms with Crippen molar-refractivity contribution < 1.29 is 19.8 Å². The second-order valence-electron chi connectivity index (χ2n) is 4.46. The summed E-state index contributed by atoms with van der Waals surface area (Å²) >= 11 is 11.1. The molecule has 0 bridgehead atoms. The van der Waals surface area contributed by atoms with Gasteiger partial charge in [0.1, 0.15) is 0 Å². The first-order chi connectivity index (χ1) is 10.4. The maximum atomic E-state index is 10.4. The molecule has 2 amide bonds.